The zero-order valence-electron chi connectivity index (χ0n) is 8.53. The minimum Gasteiger partial charge on any atom is -0.494 e. The van der Waals surface area contributed by atoms with Crippen LogP contribution in [0.2, 0.25) is 0 Å². The van der Waals surface area contributed by atoms with Gasteiger partial charge in [-0.05, 0) is 18.9 Å². The Balaban J connectivity index is 2.28. The first-order valence-electron chi connectivity index (χ1n) is 4.85. The first kappa shape index (κ1) is 12.3. The van der Waals surface area contributed by atoms with E-state index in [0.717, 1.165) is 0 Å². The number of halogens is 3. The predicted octanol–water partition coefficient (Wildman–Crippen LogP) is 2.06. The van der Waals surface area contributed by atoms with E-state index in [1.807, 2.05) is 0 Å². The lowest BCUT2D eigenvalue weighted by Gasteiger charge is -2.17. The van der Waals surface area contributed by atoms with Crippen LogP contribution in [0.25, 0.3) is 0 Å². The molecule has 1 unspecified atom stereocenters. The van der Waals surface area contributed by atoms with Crippen LogP contribution in [0, 0.1) is 5.92 Å². The van der Waals surface area contributed by atoms with E-state index in [1.54, 1.807) is 6.08 Å². The van der Waals surface area contributed by atoms with Crippen molar-refractivity contribution < 1.29 is 30.5 Å². The molecule has 0 radical (unpaired) electrons. The van der Waals surface area contributed by atoms with Crippen LogP contribution in [0.15, 0.2) is 23.7 Å². The van der Waals surface area contributed by atoms with E-state index in [9.17, 15) is 21.6 Å². The van der Waals surface area contributed by atoms with E-state index in [1.165, 1.54) is 6.08 Å². The highest BCUT2D eigenvalue weighted by atomic mass is 32.2. The quantitative estimate of drug-likeness (QED) is 0.569. The average molecular weight is 270 g/mol. The summed E-state index contributed by atoms with van der Waals surface area (Å²) in [5.41, 5.74) is -5.43. The smallest absolute Gasteiger partial charge is 0.494 e. The van der Waals surface area contributed by atoms with Gasteiger partial charge in [-0.1, -0.05) is 6.08 Å². The van der Waals surface area contributed by atoms with Crippen molar-refractivity contribution in [2.75, 3.05) is 6.61 Å². The van der Waals surface area contributed by atoms with Gasteiger partial charge < -0.3 is 8.92 Å². The van der Waals surface area contributed by atoms with Crippen LogP contribution in [0.4, 0.5) is 13.2 Å². The summed E-state index contributed by atoms with van der Waals surface area (Å²) in [5.74, 6) is -0.255. The van der Waals surface area contributed by atoms with Crippen molar-refractivity contribution in [1.29, 1.82) is 0 Å². The predicted molar refractivity (Wildman–Crippen MR) is 50.9 cm³/mol. The fraction of sp³-hybridized carbons (Fsp3) is 0.556. The molecule has 96 valence electrons. The number of hydrogen-bond donors (Lipinski definition) is 0. The van der Waals surface area contributed by atoms with Crippen molar-refractivity contribution in [3.8, 4) is 0 Å². The summed E-state index contributed by atoms with van der Waals surface area (Å²) < 4.78 is 67.2. The lowest BCUT2D eigenvalue weighted by atomic mass is 9.97. The standard InChI is InChI=1S/C9H9F3O4S/c10-9(11,12)17(13,14)16-7-3-1-2-6-4-5-15-8(6)7/h1,3,6H,2,4-5H2. The van der Waals surface area contributed by atoms with Crippen LogP contribution >= 0.6 is 0 Å². The normalized spacial score (nSPS) is 24.5. The molecule has 0 saturated carbocycles. The summed E-state index contributed by atoms with van der Waals surface area (Å²) in [5, 5.41) is 0. The summed E-state index contributed by atoms with van der Waals surface area (Å²) in [6, 6.07) is 0. The molecule has 1 heterocycles. The van der Waals surface area contributed by atoms with Gasteiger partial charge in [0.2, 0.25) is 0 Å². The summed E-state index contributed by atoms with van der Waals surface area (Å²) in [6.07, 6.45) is 4.04. The third-order valence-electron chi connectivity index (χ3n) is 2.51. The first-order valence-corrected chi connectivity index (χ1v) is 6.26. The van der Waals surface area contributed by atoms with Gasteiger partial charge in [-0.3, -0.25) is 0 Å². The molecular formula is C9H9F3O4S. The lowest BCUT2D eigenvalue weighted by molar-refractivity contribution is -0.0522. The van der Waals surface area contributed by atoms with Gasteiger partial charge in [-0.2, -0.15) is 21.6 Å². The Morgan fingerprint density at radius 1 is 1.41 bits per heavy atom. The van der Waals surface area contributed by atoms with E-state index in [0.29, 0.717) is 19.4 Å². The Labute approximate surface area is 95.8 Å². The van der Waals surface area contributed by atoms with Gasteiger partial charge in [-0.25, -0.2) is 0 Å². The number of ether oxygens (including phenoxy) is 1. The van der Waals surface area contributed by atoms with Gasteiger partial charge >= 0.3 is 15.6 Å². The van der Waals surface area contributed by atoms with Crippen molar-refractivity contribution in [2.45, 2.75) is 18.3 Å². The van der Waals surface area contributed by atoms with Crippen LogP contribution in [-0.4, -0.2) is 20.5 Å². The highest BCUT2D eigenvalue weighted by Crippen LogP contribution is 2.37. The molecule has 1 atom stereocenters. The molecule has 0 N–H and O–H groups in total. The molecular weight excluding hydrogens is 261 g/mol. The van der Waals surface area contributed by atoms with Gasteiger partial charge in [0.15, 0.2) is 5.76 Å². The summed E-state index contributed by atoms with van der Waals surface area (Å²) >= 11 is 0. The zero-order valence-corrected chi connectivity index (χ0v) is 9.35. The molecule has 0 bridgehead atoms. The fourth-order valence-electron chi connectivity index (χ4n) is 1.71. The topological polar surface area (TPSA) is 52.6 Å². The molecule has 1 saturated heterocycles. The lowest BCUT2D eigenvalue weighted by Crippen LogP contribution is -2.26. The largest absolute Gasteiger partial charge is 0.534 e. The van der Waals surface area contributed by atoms with E-state index < -0.39 is 15.6 Å². The van der Waals surface area contributed by atoms with Crippen molar-refractivity contribution in [2.24, 2.45) is 5.92 Å². The Morgan fingerprint density at radius 2 is 2.12 bits per heavy atom. The van der Waals surface area contributed by atoms with E-state index in [4.69, 9.17) is 4.74 Å². The molecule has 2 rings (SSSR count). The van der Waals surface area contributed by atoms with Crippen LogP contribution in [-0.2, 0) is 19.0 Å². The number of fused-ring (bicyclic) bond motifs is 1. The molecule has 8 heteroatoms. The van der Waals surface area contributed by atoms with Crippen LogP contribution in [0.5, 0.6) is 0 Å². The van der Waals surface area contributed by atoms with E-state index >= 15 is 0 Å². The van der Waals surface area contributed by atoms with E-state index in [-0.39, 0.29) is 17.4 Å². The Hall–Kier alpha value is -1.18. The van der Waals surface area contributed by atoms with Crippen LogP contribution in [0.1, 0.15) is 12.8 Å². The highest BCUT2D eigenvalue weighted by molar-refractivity contribution is 7.87. The van der Waals surface area contributed by atoms with Gasteiger partial charge in [0.05, 0.1) is 6.61 Å². The molecule has 0 spiro atoms. The van der Waals surface area contributed by atoms with Gasteiger partial charge in [0.25, 0.3) is 0 Å². The molecule has 1 fully saturated rings. The number of rotatable bonds is 2. The molecule has 0 amide bonds. The number of alkyl halides is 3. The molecule has 0 aromatic heterocycles. The second-order valence-corrected chi connectivity index (χ2v) is 5.22. The summed E-state index contributed by atoms with van der Waals surface area (Å²) in [6.45, 7) is 0.362. The highest BCUT2D eigenvalue weighted by Gasteiger charge is 2.49. The van der Waals surface area contributed by atoms with E-state index in [2.05, 4.69) is 4.18 Å². The Morgan fingerprint density at radius 3 is 2.76 bits per heavy atom. The molecule has 4 nitrogen and oxygen atoms in total. The van der Waals surface area contributed by atoms with Crippen molar-refractivity contribution >= 4 is 10.1 Å². The molecule has 1 aliphatic carbocycles. The fourth-order valence-corrected chi connectivity index (χ4v) is 2.18. The van der Waals surface area contributed by atoms with Crippen LogP contribution < -0.4 is 0 Å². The van der Waals surface area contributed by atoms with Crippen molar-refractivity contribution in [3.63, 3.8) is 0 Å². The second kappa shape index (κ2) is 3.94. The maximum absolute atomic E-state index is 12.1. The second-order valence-electron chi connectivity index (χ2n) is 3.68. The zero-order chi connectivity index (χ0) is 12.7. The molecule has 2 aliphatic rings. The monoisotopic (exact) mass is 270 g/mol. The SMILES string of the molecule is O=S(=O)(OC1=C2OCCC2CC=C1)C(F)(F)F. The third kappa shape index (κ3) is 2.26. The molecule has 0 aromatic rings. The van der Waals surface area contributed by atoms with Crippen molar-refractivity contribution in [3.05, 3.63) is 23.7 Å². The summed E-state index contributed by atoms with van der Waals surface area (Å²) in [4.78, 5) is 0. The minimum absolute atomic E-state index is 0.0848. The molecule has 0 aromatic carbocycles. The minimum atomic E-state index is -5.63. The Kier molecular flexibility index (Phi) is 2.84. The van der Waals surface area contributed by atoms with Crippen LogP contribution in [0.3, 0.4) is 0 Å². The molecule has 17 heavy (non-hydrogen) atoms. The first-order chi connectivity index (χ1) is 7.81. The maximum atomic E-state index is 12.1. The number of hydrogen-bond acceptors (Lipinski definition) is 4. The van der Waals surface area contributed by atoms with Crippen molar-refractivity contribution in [1.82, 2.24) is 0 Å². The summed E-state index contributed by atoms with van der Waals surface area (Å²) in [7, 11) is -5.63. The average Bonchev–Trinajstić information content (AvgIpc) is 2.64. The van der Waals surface area contributed by atoms with Gasteiger partial charge in [0.1, 0.15) is 5.76 Å². The molecule has 1 aliphatic heterocycles. The maximum Gasteiger partial charge on any atom is 0.534 e. The number of allylic oxidation sites excluding steroid dienone is 3. The Bertz CT molecular complexity index is 475. The third-order valence-corrected chi connectivity index (χ3v) is 3.48. The van der Waals surface area contributed by atoms with Gasteiger partial charge in [-0.15, -0.1) is 0 Å². The van der Waals surface area contributed by atoms with Gasteiger partial charge in [0, 0.05) is 5.92 Å².